The van der Waals surface area contributed by atoms with Crippen molar-refractivity contribution in [3.63, 3.8) is 0 Å². The smallest absolute Gasteiger partial charge is 0.352 e. The van der Waals surface area contributed by atoms with Crippen LogP contribution >= 0.6 is 35.7 Å². The standard InChI is InChI=1S/C15H24F3N5S.HI/c1-10(2)12-9-23(5-6-24-12)14(19-3)20-7-11-8-22(4)21-13(11)15(16,17)18;/h8,10,12H,5-7,9H2,1-4H3,(H,19,20);1H. The van der Waals surface area contributed by atoms with Gasteiger partial charge in [0, 0.05) is 56.5 Å². The monoisotopic (exact) mass is 491 g/mol. The van der Waals surface area contributed by atoms with E-state index in [9.17, 15) is 13.2 Å². The van der Waals surface area contributed by atoms with Gasteiger partial charge < -0.3 is 10.2 Å². The summed E-state index contributed by atoms with van der Waals surface area (Å²) >= 11 is 1.94. The van der Waals surface area contributed by atoms with E-state index in [-0.39, 0.29) is 36.1 Å². The van der Waals surface area contributed by atoms with Crippen LogP contribution in [0.3, 0.4) is 0 Å². The molecular weight excluding hydrogens is 466 g/mol. The van der Waals surface area contributed by atoms with Crippen LogP contribution < -0.4 is 5.32 Å². The van der Waals surface area contributed by atoms with Crippen molar-refractivity contribution in [2.24, 2.45) is 18.0 Å². The van der Waals surface area contributed by atoms with E-state index in [4.69, 9.17) is 0 Å². The molecule has 5 nitrogen and oxygen atoms in total. The van der Waals surface area contributed by atoms with E-state index in [1.165, 1.54) is 17.9 Å². The maximum Gasteiger partial charge on any atom is 0.435 e. The molecule has 1 saturated heterocycles. The topological polar surface area (TPSA) is 45.5 Å². The minimum absolute atomic E-state index is 0. The summed E-state index contributed by atoms with van der Waals surface area (Å²) in [5.74, 6) is 2.17. The van der Waals surface area contributed by atoms with E-state index in [1.54, 1.807) is 7.05 Å². The molecule has 1 aromatic heterocycles. The van der Waals surface area contributed by atoms with Gasteiger partial charge >= 0.3 is 6.18 Å². The largest absolute Gasteiger partial charge is 0.435 e. The number of nitrogens with one attached hydrogen (secondary N) is 1. The molecule has 0 saturated carbocycles. The molecule has 0 bridgehead atoms. The van der Waals surface area contributed by atoms with Crippen molar-refractivity contribution in [1.82, 2.24) is 20.0 Å². The molecule has 1 aliphatic rings. The first-order valence-corrected chi connectivity index (χ1v) is 8.94. The van der Waals surface area contributed by atoms with Gasteiger partial charge in [0.15, 0.2) is 11.7 Å². The van der Waals surface area contributed by atoms with Crippen LogP contribution in [0, 0.1) is 5.92 Å². The number of guanidine groups is 1. The van der Waals surface area contributed by atoms with Crippen LogP contribution in [0.5, 0.6) is 0 Å². The molecule has 1 aromatic rings. The summed E-state index contributed by atoms with van der Waals surface area (Å²) in [5.41, 5.74) is -0.722. The van der Waals surface area contributed by atoms with Crippen LogP contribution in [-0.4, -0.2) is 51.8 Å². The third kappa shape index (κ3) is 5.93. The Labute approximate surface area is 167 Å². The summed E-state index contributed by atoms with van der Waals surface area (Å²) in [4.78, 5) is 6.35. The molecule has 0 radical (unpaired) electrons. The van der Waals surface area contributed by atoms with Crippen molar-refractivity contribution in [3.8, 4) is 0 Å². The molecule has 0 aliphatic carbocycles. The number of halogens is 4. The normalized spacial score (nSPS) is 19.1. The second-order valence-electron chi connectivity index (χ2n) is 6.17. The molecular formula is C15H25F3IN5S. The van der Waals surface area contributed by atoms with Gasteiger partial charge in [0.25, 0.3) is 0 Å². The Bertz CT molecular complexity index is 588. The average molecular weight is 491 g/mol. The molecule has 2 rings (SSSR count). The van der Waals surface area contributed by atoms with Gasteiger partial charge in [-0.3, -0.25) is 9.67 Å². The Morgan fingerprint density at radius 2 is 2.16 bits per heavy atom. The summed E-state index contributed by atoms with van der Waals surface area (Å²) in [5, 5.41) is 7.08. The number of nitrogens with zero attached hydrogens (tertiary/aromatic N) is 4. The van der Waals surface area contributed by atoms with Crippen molar-refractivity contribution in [3.05, 3.63) is 17.5 Å². The molecule has 0 spiro atoms. The Balaban J connectivity index is 0.00000312. The first-order valence-electron chi connectivity index (χ1n) is 7.89. The molecule has 2 heterocycles. The molecule has 144 valence electrons. The number of alkyl halides is 3. The first-order chi connectivity index (χ1) is 11.2. The summed E-state index contributed by atoms with van der Waals surface area (Å²) in [7, 11) is 3.14. The fourth-order valence-corrected chi connectivity index (χ4v) is 3.98. The fourth-order valence-electron chi connectivity index (χ4n) is 2.68. The van der Waals surface area contributed by atoms with Crippen LogP contribution in [0.4, 0.5) is 13.2 Å². The molecule has 1 atom stereocenters. The third-order valence-corrected chi connectivity index (χ3v) is 5.50. The van der Waals surface area contributed by atoms with Crippen LogP contribution in [0.25, 0.3) is 0 Å². The lowest BCUT2D eigenvalue weighted by atomic mass is 10.1. The number of aromatic nitrogens is 2. The first kappa shape index (κ1) is 22.4. The van der Waals surface area contributed by atoms with Gasteiger partial charge in [-0.1, -0.05) is 13.8 Å². The van der Waals surface area contributed by atoms with Crippen molar-refractivity contribution in [1.29, 1.82) is 0 Å². The predicted octanol–water partition coefficient (Wildman–Crippen LogP) is 3.21. The number of aryl methyl sites for hydroxylation is 1. The Morgan fingerprint density at radius 3 is 2.72 bits per heavy atom. The van der Waals surface area contributed by atoms with Crippen molar-refractivity contribution in [2.75, 3.05) is 25.9 Å². The molecule has 1 unspecified atom stereocenters. The van der Waals surface area contributed by atoms with Gasteiger partial charge in [-0.2, -0.15) is 30.0 Å². The Morgan fingerprint density at radius 1 is 1.48 bits per heavy atom. The second kappa shape index (κ2) is 9.33. The van der Waals surface area contributed by atoms with Crippen LogP contribution in [-0.2, 0) is 19.8 Å². The Hall–Kier alpha value is -0.650. The third-order valence-electron chi connectivity index (χ3n) is 3.96. The molecule has 25 heavy (non-hydrogen) atoms. The van der Waals surface area contributed by atoms with Crippen LogP contribution in [0.1, 0.15) is 25.1 Å². The van der Waals surface area contributed by atoms with E-state index in [2.05, 4.69) is 34.2 Å². The maximum atomic E-state index is 13.0. The molecule has 10 heteroatoms. The van der Waals surface area contributed by atoms with Crippen LogP contribution in [0.15, 0.2) is 11.2 Å². The number of thioether (sulfide) groups is 1. The average Bonchev–Trinajstić information content (AvgIpc) is 2.89. The highest BCUT2D eigenvalue weighted by molar-refractivity contribution is 14.0. The fraction of sp³-hybridized carbons (Fsp3) is 0.733. The van der Waals surface area contributed by atoms with E-state index in [1.807, 2.05) is 11.8 Å². The minimum Gasteiger partial charge on any atom is -0.352 e. The lowest BCUT2D eigenvalue weighted by Gasteiger charge is -2.36. The number of hydrogen-bond donors (Lipinski definition) is 1. The SMILES string of the molecule is CN=C(NCc1cn(C)nc1C(F)(F)F)N1CCSC(C(C)C)C1.I. The zero-order chi connectivity index (χ0) is 17.9. The number of aliphatic imine (C=N–C) groups is 1. The van der Waals surface area contributed by atoms with E-state index in [0.717, 1.165) is 18.8 Å². The van der Waals surface area contributed by atoms with Crippen molar-refractivity contribution >= 4 is 41.7 Å². The van der Waals surface area contributed by atoms with Crippen molar-refractivity contribution < 1.29 is 13.2 Å². The minimum atomic E-state index is -4.45. The quantitative estimate of drug-likeness (QED) is 0.401. The van der Waals surface area contributed by atoms with Gasteiger partial charge in [-0.25, -0.2) is 0 Å². The highest BCUT2D eigenvalue weighted by Gasteiger charge is 2.37. The number of rotatable bonds is 3. The van der Waals surface area contributed by atoms with Gasteiger partial charge in [-0.05, 0) is 5.92 Å². The summed E-state index contributed by atoms with van der Waals surface area (Å²) < 4.78 is 40.2. The van der Waals surface area contributed by atoms with E-state index < -0.39 is 11.9 Å². The second-order valence-corrected chi connectivity index (χ2v) is 7.52. The van der Waals surface area contributed by atoms with E-state index in [0.29, 0.717) is 17.1 Å². The highest BCUT2D eigenvalue weighted by Crippen LogP contribution is 2.30. The summed E-state index contributed by atoms with van der Waals surface area (Å²) in [6.07, 6.45) is -3.06. The van der Waals surface area contributed by atoms with Gasteiger partial charge in [0.1, 0.15) is 0 Å². The molecule has 0 aromatic carbocycles. The molecule has 1 aliphatic heterocycles. The van der Waals surface area contributed by atoms with Gasteiger partial charge in [0.2, 0.25) is 0 Å². The summed E-state index contributed by atoms with van der Waals surface area (Å²) in [6.45, 7) is 6.10. The zero-order valence-electron chi connectivity index (χ0n) is 14.8. The lowest BCUT2D eigenvalue weighted by molar-refractivity contribution is -0.142. The highest BCUT2D eigenvalue weighted by atomic mass is 127. The molecule has 1 fully saturated rings. The summed E-state index contributed by atoms with van der Waals surface area (Å²) in [6, 6.07) is 0. The number of hydrogen-bond acceptors (Lipinski definition) is 3. The molecule has 1 N–H and O–H groups in total. The van der Waals surface area contributed by atoms with Crippen LogP contribution in [0.2, 0.25) is 0 Å². The maximum absolute atomic E-state index is 13.0. The molecule has 0 amide bonds. The Kier molecular flexibility index (Phi) is 8.36. The zero-order valence-corrected chi connectivity index (χ0v) is 17.9. The predicted molar refractivity (Wildman–Crippen MR) is 106 cm³/mol. The lowest BCUT2D eigenvalue weighted by Crippen LogP contribution is -2.48. The van der Waals surface area contributed by atoms with E-state index >= 15 is 0 Å². The van der Waals surface area contributed by atoms with Gasteiger partial charge in [0.05, 0.1) is 0 Å². The van der Waals surface area contributed by atoms with Gasteiger partial charge in [-0.15, -0.1) is 24.0 Å². The van der Waals surface area contributed by atoms with Crippen molar-refractivity contribution in [2.45, 2.75) is 31.8 Å².